The molecule has 0 spiro atoms. The van der Waals surface area contributed by atoms with Crippen LogP contribution in [0.3, 0.4) is 0 Å². The third-order valence-corrected chi connectivity index (χ3v) is 4.51. The Balaban J connectivity index is 3.25. The van der Waals surface area contributed by atoms with Gasteiger partial charge in [0.15, 0.2) is 5.82 Å². The number of hydrogen-bond acceptors (Lipinski definition) is 4. The van der Waals surface area contributed by atoms with Crippen LogP contribution < -0.4 is 5.73 Å². The number of anilines is 1. The summed E-state index contributed by atoms with van der Waals surface area (Å²) in [5, 5.41) is 8.70. The molecule has 0 fully saturated rings. The van der Waals surface area contributed by atoms with Gasteiger partial charge in [0, 0.05) is 18.6 Å². The highest BCUT2D eigenvalue weighted by atomic mass is 35.5. The Labute approximate surface area is 116 Å². The number of nitrogens with two attached hydrogens (primary N) is 1. The van der Waals surface area contributed by atoms with Gasteiger partial charge in [-0.2, -0.15) is 9.57 Å². The van der Waals surface area contributed by atoms with Crippen molar-refractivity contribution in [2.75, 3.05) is 19.3 Å². The first kappa shape index (κ1) is 15.7. The number of sulfonamides is 1. The Bertz CT molecular complexity index is 628. The summed E-state index contributed by atoms with van der Waals surface area (Å²) >= 11 is 5.68. The molecule has 104 valence electrons. The summed E-state index contributed by atoms with van der Waals surface area (Å²) in [6.45, 7) is 1.51. The van der Waals surface area contributed by atoms with Gasteiger partial charge in [0.2, 0.25) is 10.0 Å². The molecule has 1 unspecified atom stereocenters. The fourth-order valence-corrected chi connectivity index (χ4v) is 3.13. The number of rotatable bonds is 4. The van der Waals surface area contributed by atoms with Crippen molar-refractivity contribution >= 4 is 27.3 Å². The molecule has 0 saturated heterocycles. The van der Waals surface area contributed by atoms with Crippen LogP contribution in [0.2, 0.25) is 5.02 Å². The summed E-state index contributed by atoms with van der Waals surface area (Å²) < 4.78 is 39.0. The zero-order chi connectivity index (χ0) is 14.8. The van der Waals surface area contributed by atoms with Gasteiger partial charge in [-0.3, -0.25) is 0 Å². The average molecular weight is 306 g/mol. The third-order valence-electron chi connectivity index (χ3n) is 2.47. The highest BCUT2D eigenvalue weighted by molar-refractivity contribution is 7.89. The Kier molecular flexibility index (Phi) is 4.74. The first-order valence-electron chi connectivity index (χ1n) is 5.30. The molecule has 0 radical (unpaired) electrons. The largest absolute Gasteiger partial charge is 0.396 e. The summed E-state index contributed by atoms with van der Waals surface area (Å²) in [5.74, 6) is -1.56. The lowest BCUT2D eigenvalue weighted by molar-refractivity contribution is 0.435. The van der Waals surface area contributed by atoms with Gasteiger partial charge in [0.25, 0.3) is 0 Å². The number of nitriles is 1. The van der Waals surface area contributed by atoms with Gasteiger partial charge in [-0.25, -0.2) is 12.8 Å². The van der Waals surface area contributed by atoms with Crippen LogP contribution in [0, 0.1) is 23.1 Å². The Morgan fingerprint density at radius 2 is 2.16 bits per heavy atom. The fourth-order valence-electron chi connectivity index (χ4n) is 1.46. The highest BCUT2D eigenvalue weighted by Gasteiger charge is 2.27. The topological polar surface area (TPSA) is 87.2 Å². The lowest BCUT2D eigenvalue weighted by Gasteiger charge is -2.19. The zero-order valence-corrected chi connectivity index (χ0v) is 12.0. The van der Waals surface area contributed by atoms with E-state index in [0.717, 1.165) is 16.4 Å². The van der Waals surface area contributed by atoms with E-state index < -0.39 is 26.7 Å². The summed E-state index contributed by atoms with van der Waals surface area (Å²) in [7, 11) is -2.81. The molecule has 0 amide bonds. The molecule has 19 heavy (non-hydrogen) atoms. The van der Waals surface area contributed by atoms with Crippen molar-refractivity contribution < 1.29 is 12.8 Å². The molecule has 5 nitrogen and oxygen atoms in total. The quantitative estimate of drug-likeness (QED) is 0.860. The van der Waals surface area contributed by atoms with E-state index in [1.165, 1.54) is 7.05 Å². The van der Waals surface area contributed by atoms with Crippen LogP contribution in [0.15, 0.2) is 17.0 Å². The van der Waals surface area contributed by atoms with Crippen LogP contribution >= 0.6 is 11.6 Å². The van der Waals surface area contributed by atoms with E-state index >= 15 is 0 Å². The second kappa shape index (κ2) is 5.74. The third kappa shape index (κ3) is 3.35. The number of halogens is 2. The minimum Gasteiger partial charge on any atom is -0.396 e. The minimum atomic E-state index is -4.08. The van der Waals surface area contributed by atoms with Gasteiger partial charge in [-0.05, 0) is 19.1 Å². The van der Waals surface area contributed by atoms with E-state index in [2.05, 4.69) is 0 Å². The average Bonchev–Trinajstić information content (AvgIpc) is 2.33. The van der Waals surface area contributed by atoms with Crippen LogP contribution in [0.25, 0.3) is 0 Å². The van der Waals surface area contributed by atoms with Crippen molar-refractivity contribution in [3.63, 3.8) is 0 Å². The van der Waals surface area contributed by atoms with E-state index in [0.29, 0.717) is 0 Å². The molecule has 1 aromatic rings. The lowest BCUT2D eigenvalue weighted by atomic mass is 10.2. The van der Waals surface area contributed by atoms with Gasteiger partial charge < -0.3 is 5.73 Å². The number of hydrogen-bond donors (Lipinski definition) is 1. The van der Waals surface area contributed by atoms with Crippen LogP contribution in [0.5, 0.6) is 0 Å². The standard InChI is InChI=1S/C11H13ClFN3O2S/c1-7(5-14)6-16(2)19(17,18)10-4-8(12)3-9(15)11(10)13/h3-4,7H,6,15H2,1-2H3. The molecule has 0 saturated carbocycles. The Morgan fingerprint density at radius 3 is 2.68 bits per heavy atom. The zero-order valence-electron chi connectivity index (χ0n) is 10.4. The molecule has 0 aliphatic carbocycles. The van der Waals surface area contributed by atoms with Crippen molar-refractivity contribution in [3.8, 4) is 6.07 Å². The second-order valence-corrected chi connectivity index (χ2v) is 6.57. The molecule has 0 aromatic heterocycles. The monoisotopic (exact) mass is 305 g/mol. The van der Waals surface area contributed by atoms with Gasteiger partial charge in [0.05, 0.1) is 17.7 Å². The van der Waals surface area contributed by atoms with Crippen molar-refractivity contribution in [1.82, 2.24) is 4.31 Å². The molecule has 1 atom stereocenters. The summed E-state index contributed by atoms with van der Waals surface area (Å²) in [6.07, 6.45) is 0. The first-order valence-corrected chi connectivity index (χ1v) is 7.12. The molecule has 0 aliphatic rings. The number of nitrogens with zero attached hydrogens (tertiary/aromatic N) is 2. The van der Waals surface area contributed by atoms with E-state index in [9.17, 15) is 12.8 Å². The molecule has 0 bridgehead atoms. The fraction of sp³-hybridized carbons (Fsp3) is 0.364. The van der Waals surface area contributed by atoms with Crippen molar-refractivity contribution in [1.29, 1.82) is 5.26 Å². The summed E-state index contributed by atoms with van der Waals surface area (Å²) in [6, 6.07) is 4.04. The van der Waals surface area contributed by atoms with Crippen LogP contribution in [-0.4, -0.2) is 26.3 Å². The summed E-state index contributed by atoms with van der Waals surface area (Å²) in [5.41, 5.74) is 5.01. The molecule has 0 aliphatic heterocycles. The molecule has 0 heterocycles. The maximum absolute atomic E-state index is 13.8. The van der Waals surface area contributed by atoms with Gasteiger partial charge in [-0.1, -0.05) is 11.6 Å². The predicted molar refractivity (Wildman–Crippen MR) is 70.4 cm³/mol. The predicted octanol–water partition coefficient (Wildman–Crippen LogP) is 1.84. The maximum atomic E-state index is 13.8. The normalized spacial score (nSPS) is 13.3. The molecular formula is C11H13ClFN3O2S. The first-order chi connectivity index (χ1) is 8.70. The SMILES string of the molecule is CC(C#N)CN(C)S(=O)(=O)c1cc(Cl)cc(N)c1F. The number of benzene rings is 1. The van der Waals surface area contributed by atoms with Crippen LogP contribution in [0.1, 0.15) is 6.92 Å². The number of nitrogen functional groups attached to an aromatic ring is 1. The lowest BCUT2D eigenvalue weighted by Crippen LogP contribution is -2.31. The van der Waals surface area contributed by atoms with Gasteiger partial charge in [-0.15, -0.1) is 0 Å². The Morgan fingerprint density at radius 1 is 1.58 bits per heavy atom. The maximum Gasteiger partial charge on any atom is 0.245 e. The van der Waals surface area contributed by atoms with Crippen LogP contribution in [-0.2, 0) is 10.0 Å². The van der Waals surface area contributed by atoms with Gasteiger partial charge in [0.1, 0.15) is 4.90 Å². The molecule has 8 heteroatoms. The van der Waals surface area contributed by atoms with Crippen LogP contribution in [0.4, 0.5) is 10.1 Å². The Hall–Kier alpha value is -1.36. The van der Waals surface area contributed by atoms with E-state index in [4.69, 9.17) is 22.6 Å². The molecular weight excluding hydrogens is 293 g/mol. The highest BCUT2D eigenvalue weighted by Crippen LogP contribution is 2.27. The molecule has 2 N–H and O–H groups in total. The molecule has 1 aromatic carbocycles. The second-order valence-electron chi connectivity index (χ2n) is 4.12. The minimum absolute atomic E-state index is 0.0270. The smallest absolute Gasteiger partial charge is 0.245 e. The van der Waals surface area contributed by atoms with E-state index in [1.807, 2.05) is 6.07 Å². The van der Waals surface area contributed by atoms with Crippen molar-refractivity contribution in [2.45, 2.75) is 11.8 Å². The van der Waals surface area contributed by atoms with Gasteiger partial charge >= 0.3 is 0 Å². The summed E-state index contributed by atoms with van der Waals surface area (Å²) in [4.78, 5) is -0.592. The van der Waals surface area contributed by atoms with E-state index in [1.54, 1.807) is 6.92 Å². The van der Waals surface area contributed by atoms with Crippen molar-refractivity contribution in [2.24, 2.45) is 5.92 Å². The molecule has 1 rings (SSSR count). The van der Waals surface area contributed by atoms with Crippen molar-refractivity contribution in [3.05, 3.63) is 23.0 Å². The van der Waals surface area contributed by atoms with E-state index in [-0.39, 0.29) is 17.3 Å².